The lowest BCUT2D eigenvalue weighted by molar-refractivity contribution is -0.385. The van der Waals surface area contributed by atoms with Gasteiger partial charge in [0.05, 0.1) is 29.4 Å². The smallest absolute Gasteiger partial charge is 0.315 e. The third-order valence-electron chi connectivity index (χ3n) is 3.44. The fourth-order valence-corrected chi connectivity index (χ4v) is 2.72. The molecule has 0 bridgehead atoms. The molecule has 2 aromatic heterocycles. The molecule has 3 aromatic rings. The summed E-state index contributed by atoms with van der Waals surface area (Å²) in [4.78, 5) is 19.3. The summed E-state index contributed by atoms with van der Waals surface area (Å²) in [6.45, 7) is 0.151. The van der Waals surface area contributed by atoms with Gasteiger partial charge in [-0.25, -0.2) is 9.97 Å². The second-order valence-corrected chi connectivity index (χ2v) is 6.07. The van der Waals surface area contributed by atoms with Gasteiger partial charge < -0.3 is 9.47 Å². The Balaban J connectivity index is 2.00. The molecule has 0 spiro atoms. The number of nitro groups is 1. The number of methoxy groups -OCH3 is 1. The normalized spacial score (nSPS) is 10.6. The van der Waals surface area contributed by atoms with Gasteiger partial charge in [-0.2, -0.15) is 5.10 Å². The fraction of sp³-hybridized carbons (Fsp3) is 0.188. The summed E-state index contributed by atoms with van der Waals surface area (Å²) in [5, 5.41) is 15.6. The maximum absolute atomic E-state index is 11.4. The first-order chi connectivity index (χ1) is 12.5. The molecule has 0 unspecified atom stereocenters. The molecule has 0 aliphatic carbocycles. The summed E-state index contributed by atoms with van der Waals surface area (Å²) in [5.74, 6) is 0.675. The standard InChI is InChI=1S/C16H14BrN5O4/c1-21-9-18-16(20-21)12-6-11(7-13(22(23)24)15(12)25-2)26-8-10-4-3-5-14(17)19-10/h3-7,9H,8H2,1-2H3. The third-order valence-corrected chi connectivity index (χ3v) is 3.89. The van der Waals surface area contributed by atoms with Crippen molar-refractivity contribution in [3.63, 3.8) is 0 Å². The summed E-state index contributed by atoms with van der Waals surface area (Å²) in [6, 6.07) is 8.34. The van der Waals surface area contributed by atoms with Crippen LogP contribution in [0, 0.1) is 10.1 Å². The van der Waals surface area contributed by atoms with Crippen molar-refractivity contribution >= 4 is 21.6 Å². The van der Waals surface area contributed by atoms with Crippen molar-refractivity contribution in [2.75, 3.05) is 7.11 Å². The first kappa shape index (κ1) is 17.8. The number of nitrogens with zero attached hydrogens (tertiary/aromatic N) is 5. The van der Waals surface area contributed by atoms with E-state index in [-0.39, 0.29) is 18.0 Å². The molecule has 0 amide bonds. The van der Waals surface area contributed by atoms with Crippen molar-refractivity contribution in [1.29, 1.82) is 0 Å². The van der Waals surface area contributed by atoms with Crippen molar-refractivity contribution in [1.82, 2.24) is 19.7 Å². The van der Waals surface area contributed by atoms with E-state index in [0.717, 1.165) is 0 Å². The maximum atomic E-state index is 11.4. The topological polar surface area (TPSA) is 105 Å². The van der Waals surface area contributed by atoms with E-state index in [1.807, 2.05) is 6.07 Å². The largest absolute Gasteiger partial charge is 0.490 e. The number of pyridine rings is 1. The molecule has 26 heavy (non-hydrogen) atoms. The van der Waals surface area contributed by atoms with Crippen LogP contribution in [0.25, 0.3) is 11.4 Å². The van der Waals surface area contributed by atoms with E-state index < -0.39 is 4.92 Å². The van der Waals surface area contributed by atoms with Crippen LogP contribution in [0.15, 0.2) is 41.3 Å². The molecule has 3 rings (SSSR count). The van der Waals surface area contributed by atoms with E-state index >= 15 is 0 Å². The van der Waals surface area contributed by atoms with Gasteiger partial charge in [0.2, 0.25) is 5.75 Å². The van der Waals surface area contributed by atoms with Gasteiger partial charge >= 0.3 is 5.69 Å². The molecule has 134 valence electrons. The van der Waals surface area contributed by atoms with Crippen molar-refractivity contribution in [2.45, 2.75) is 6.61 Å². The number of nitro benzene ring substituents is 1. The van der Waals surface area contributed by atoms with Gasteiger partial charge in [0.1, 0.15) is 23.3 Å². The van der Waals surface area contributed by atoms with Gasteiger partial charge in [0.25, 0.3) is 0 Å². The second-order valence-electron chi connectivity index (χ2n) is 5.26. The van der Waals surface area contributed by atoms with E-state index in [9.17, 15) is 10.1 Å². The zero-order chi connectivity index (χ0) is 18.7. The van der Waals surface area contributed by atoms with Crippen LogP contribution in [0.4, 0.5) is 5.69 Å². The highest BCUT2D eigenvalue weighted by atomic mass is 79.9. The number of hydrogen-bond donors (Lipinski definition) is 0. The molecule has 0 aliphatic heterocycles. The highest BCUT2D eigenvalue weighted by Gasteiger charge is 2.24. The molecule has 1 aromatic carbocycles. The van der Waals surface area contributed by atoms with Gasteiger partial charge in [-0.15, -0.1) is 0 Å². The van der Waals surface area contributed by atoms with Gasteiger partial charge in [-0.1, -0.05) is 6.07 Å². The van der Waals surface area contributed by atoms with Crippen molar-refractivity contribution < 1.29 is 14.4 Å². The van der Waals surface area contributed by atoms with Gasteiger partial charge in [0.15, 0.2) is 5.82 Å². The van der Waals surface area contributed by atoms with Crippen molar-refractivity contribution in [2.24, 2.45) is 7.05 Å². The minimum atomic E-state index is -0.532. The Kier molecular flexibility index (Phi) is 5.12. The van der Waals surface area contributed by atoms with Crippen LogP contribution in [-0.2, 0) is 13.7 Å². The van der Waals surface area contributed by atoms with E-state index in [4.69, 9.17) is 9.47 Å². The van der Waals surface area contributed by atoms with E-state index in [2.05, 4.69) is 31.0 Å². The minimum Gasteiger partial charge on any atom is -0.490 e. The highest BCUT2D eigenvalue weighted by molar-refractivity contribution is 9.10. The van der Waals surface area contributed by atoms with Gasteiger partial charge in [-0.3, -0.25) is 14.8 Å². The fourth-order valence-electron chi connectivity index (χ4n) is 2.34. The number of aryl methyl sites for hydroxylation is 1. The minimum absolute atomic E-state index is 0.0779. The SMILES string of the molecule is COc1c(-c2ncn(C)n2)cc(OCc2cccc(Br)n2)cc1[N+](=O)[O-]. The van der Waals surface area contributed by atoms with Crippen LogP contribution in [0.3, 0.4) is 0 Å². The Hall–Kier alpha value is -3.01. The molecule has 10 heteroatoms. The molecule has 0 aliphatic rings. The zero-order valence-electron chi connectivity index (χ0n) is 13.9. The average Bonchev–Trinajstić information content (AvgIpc) is 3.05. The summed E-state index contributed by atoms with van der Waals surface area (Å²) >= 11 is 3.29. The number of halogens is 1. The summed E-state index contributed by atoms with van der Waals surface area (Å²) < 4.78 is 13.1. The lowest BCUT2D eigenvalue weighted by Crippen LogP contribution is -2.02. The van der Waals surface area contributed by atoms with Crippen LogP contribution in [0.2, 0.25) is 0 Å². The van der Waals surface area contributed by atoms with Gasteiger partial charge in [-0.05, 0) is 34.1 Å². The molecule has 0 saturated heterocycles. The monoisotopic (exact) mass is 419 g/mol. The molecule has 0 atom stereocenters. The first-order valence-electron chi connectivity index (χ1n) is 7.44. The molecule has 0 fully saturated rings. The second kappa shape index (κ2) is 7.48. The number of benzene rings is 1. The van der Waals surface area contributed by atoms with E-state index in [0.29, 0.717) is 27.4 Å². The number of rotatable bonds is 6. The van der Waals surface area contributed by atoms with Crippen LogP contribution < -0.4 is 9.47 Å². The number of aromatic nitrogens is 4. The van der Waals surface area contributed by atoms with Crippen LogP contribution in [0.1, 0.15) is 5.69 Å². The van der Waals surface area contributed by atoms with Crippen LogP contribution in [0.5, 0.6) is 11.5 Å². The van der Waals surface area contributed by atoms with Crippen molar-refractivity contribution in [3.8, 4) is 22.9 Å². The number of ether oxygens (including phenoxy) is 2. The highest BCUT2D eigenvalue weighted by Crippen LogP contribution is 2.40. The summed E-state index contributed by atoms with van der Waals surface area (Å²) in [7, 11) is 3.07. The number of hydrogen-bond acceptors (Lipinski definition) is 7. The Morgan fingerprint density at radius 3 is 2.77 bits per heavy atom. The average molecular weight is 420 g/mol. The Labute approximate surface area is 156 Å². The predicted molar refractivity (Wildman–Crippen MR) is 95.9 cm³/mol. The molecule has 0 radical (unpaired) electrons. The lowest BCUT2D eigenvalue weighted by atomic mass is 10.1. The van der Waals surface area contributed by atoms with Crippen LogP contribution >= 0.6 is 15.9 Å². The summed E-state index contributed by atoms with van der Waals surface area (Å²) in [5.41, 5.74) is 0.824. The lowest BCUT2D eigenvalue weighted by Gasteiger charge is -2.11. The van der Waals surface area contributed by atoms with Crippen LogP contribution in [-0.4, -0.2) is 31.8 Å². The zero-order valence-corrected chi connectivity index (χ0v) is 15.5. The third kappa shape index (κ3) is 3.80. The Bertz CT molecular complexity index is 960. The van der Waals surface area contributed by atoms with E-state index in [1.165, 1.54) is 24.2 Å². The van der Waals surface area contributed by atoms with Gasteiger partial charge in [0, 0.05) is 7.05 Å². The van der Waals surface area contributed by atoms with Crippen molar-refractivity contribution in [3.05, 3.63) is 57.1 Å². The van der Waals surface area contributed by atoms with E-state index in [1.54, 1.807) is 25.2 Å². The first-order valence-corrected chi connectivity index (χ1v) is 8.24. The molecule has 0 N–H and O–H groups in total. The Morgan fingerprint density at radius 2 is 2.15 bits per heavy atom. The molecular formula is C16H14BrN5O4. The summed E-state index contributed by atoms with van der Waals surface area (Å²) in [6.07, 6.45) is 1.50. The molecule has 0 saturated carbocycles. The molecular weight excluding hydrogens is 406 g/mol. The quantitative estimate of drug-likeness (QED) is 0.343. The molecule has 2 heterocycles. The predicted octanol–water partition coefficient (Wildman–Crippen LogP) is 3.14. The Morgan fingerprint density at radius 1 is 1.35 bits per heavy atom. The molecule has 9 nitrogen and oxygen atoms in total. The maximum Gasteiger partial charge on any atom is 0.315 e.